The predicted octanol–water partition coefficient (Wildman–Crippen LogP) is 3.88. The van der Waals surface area contributed by atoms with Crippen molar-refractivity contribution in [2.45, 2.75) is 59.0 Å². The molecule has 1 aromatic heterocycles. The average Bonchev–Trinajstić information content (AvgIpc) is 3.28. The van der Waals surface area contributed by atoms with Crippen LogP contribution in [0.3, 0.4) is 0 Å². The highest BCUT2D eigenvalue weighted by molar-refractivity contribution is 6.31. The first-order chi connectivity index (χ1) is 17.6. The van der Waals surface area contributed by atoms with Gasteiger partial charge in [0.1, 0.15) is 11.8 Å². The second-order valence-electron chi connectivity index (χ2n) is 9.53. The van der Waals surface area contributed by atoms with Gasteiger partial charge in [-0.25, -0.2) is 0 Å². The lowest BCUT2D eigenvalue weighted by Crippen LogP contribution is -2.47. The summed E-state index contributed by atoms with van der Waals surface area (Å²) < 4.78 is 7.75. The maximum Gasteiger partial charge on any atom is 0.258 e. The molecule has 9 nitrogen and oxygen atoms in total. The van der Waals surface area contributed by atoms with E-state index >= 15 is 0 Å². The fourth-order valence-corrected chi connectivity index (χ4v) is 4.54. The van der Waals surface area contributed by atoms with Crippen molar-refractivity contribution in [3.63, 3.8) is 0 Å². The van der Waals surface area contributed by atoms with Crippen LogP contribution in [0.2, 0.25) is 5.02 Å². The zero-order chi connectivity index (χ0) is 27.1. The molecule has 10 heteroatoms. The summed E-state index contributed by atoms with van der Waals surface area (Å²) in [5.74, 6) is -0.0774. The largest absolute Gasteiger partial charge is 0.493 e. The summed E-state index contributed by atoms with van der Waals surface area (Å²) in [6.07, 6.45) is 4.77. The molecule has 0 unspecified atom stereocenters. The van der Waals surface area contributed by atoms with E-state index in [0.29, 0.717) is 61.1 Å². The Bertz CT molecular complexity index is 1120. The summed E-state index contributed by atoms with van der Waals surface area (Å²) >= 11 is 6.18. The predicted molar refractivity (Wildman–Crippen MR) is 143 cm³/mol. The Hall–Kier alpha value is -3.07. The fourth-order valence-electron chi connectivity index (χ4n) is 4.37. The molecular weight excluding hydrogens is 494 g/mol. The van der Waals surface area contributed by atoms with Gasteiger partial charge in [-0.1, -0.05) is 11.6 Å². The molecule has 0 aliphatic carbocycles. The first-order valence-corrected chi connectivity index (χ1v) is 13.3. The molecule has 2 aromatic rings. The summed E-state index contributed by atoms with van der Waals surface area (Å²) in [6, 6.07) is 4.28. The van der Waals surface area contributed by atoms with Crippen molar-refractivity contribution in [2.24, 2.45) is 0 Å². The zero-order valence-electron chi connectivity index (χ0n) is 22.5. The number of rotatable bonds is 2. The number of carbonyl (C=O) groups is 3. The van der Waals surface area contributed by atoms with Crippen LogP contribution in [0, 0.1) is 6.92 Å². The number of ether oxygens (including phenoxy) is 1. The van der Waals surface area contributed by atoms with Gasteiger partial charge < -0.3 is 19.4 Å². The summed E-state index contributed by atoms with van der Waals surface area (Å²) in [5.41, 5.74) is 1.67. The van der Waals surface area contributed by atoms with Crippen molar-refractivity contribution in [2.75, 3.05) is 40.3 Å². The first-order valence-electron chi connectivity index (χ1n) is 12.9. The summed E-state index contributed by atoms with van der Waals surface area (Å²) in [6.45, 7) is 8.36. The number of carbonyl (C=O) groups excluding carboxylic acids is 3. The molecule has 0 radical (unpaired) electrons. The Morgan fingerprint density at radius 2 is 1.78 bits per heavy atom. The number of nitrogens with zero attached hydrogens (tertiary/aromatic N) is 5. The first kappa shape index (κ1) is 28.5. The topological polar surface area (TPSA) is 88.0 Å². The molecule has 0 saturated carbocycles. The number of likely N-dealkylation sites (N-methyl/N-ethyl adjacent to an activating group) is 2. The second kappa shape index (κ2) is 12.9. The van der Waals surface area contributed by atoms with E-state index in [1.54, 1.807) is 48.8 Å². The minimum absolute atomic E-state index is 0.0266. The number of amides is 3. The van der Waals surface area contributed by atoms with Gasteiger partial charge in [0, 0.05) is 51.5 Å². The second-order valence-corrected chi connectivity index (χ2v) is 9.97. The molecule has 2 heterocycles. The molecule has 0 bridgehead atoms. The van der Waals surface area contributed by atoms with Crippen molar-refractivity contribution in [1.82, 2.24) is 24.5 Å². The molecule has 3 rings (SSSR count). The van der Waals surface area contributed by atoms with E-state index < -0.39 is 6.04 Å². The summed E-state index contributed by atoms with van der Waals surface area (Å²) in [5, 5.41) is 4.85. The van der Waals surface area contributed by atoms with Gasteiger partial charge >= 0.3 is 0 Å². The van der Waals surface area contributed by atoms with Gasteiger partial charge in [0.15, 0.2) is 0 Å². The molecular formula is C27H38ClN5O4. The van der Waals surface area contributed by atoms with E-state index in [2.05, 4.69) is 5.10 Å². The Morgan fingerprint density at radius 1 is 1.11 bits per heavy atom. The summed E-state index contributed by atoms with van der Waals surface area (Å²) in [7, 11) is 3.36. The van der Waals surface area contributed by atoms with Gasteiger partial charge in [-0.2, -0.15) is 5.10 Å². The third-order valence-corrected chi connectivity index (χ3v) is 7.08. The highest BCUT2D eigenvalue weighted by atomic mass is 35.5. The van der Waals surface area contributed by atoms with Gasteiger partial charge in [-0.15, -0.1) is 0 Å². The lowest BCUT2D eigenvalue weighted by molar-refractivity contribution is -0.133. The molecule has 0 N–H and O–H groups in total. The number of aryl methyl sites for hydroxylation is 2. The maximum absolute atomic E-state index is 13.4. The van der Waals surface area contributed by atoms with Crippen LogP contribution in [-0.4, -0.2) is 88.6 Å². The highest BCUT2D eigenvalue weighted by Gasteiger charge is 2.28. The Kier molecular flexibility index (Phi) is 9.97. The van der Waals surface area contributed by atoms with Crippen LogP contribution in [0.5, 0.6) is 5.75 Å². The van der Waals surface area contributed by atoms with E-state index in [1.165, 1.54) is 4.90 Å². The van der Waals surface area contributed by atoms with Gasteiger partial charge in [0.25, 0.3) is 11.8 Å². The molecule has 3 amide bonds. The van der Waals surface area contributed by atoms with Gasteiger partial charge in [-0.3, -0.25) is 19.1 Å². The van der Waals surface area contributed by atoms with Gasteiger partial charge in [-0.05, 0) is 64.7 Å². The fraction of sp³-hybridized carbons (Fsp3) is 0.556. The molecule has 202 valence electrons. The molecule has 0 saturated heterocycles. The number of benzene rings is 1. The van der Waals surface area contributed by atoms with Gasteiger partial charge in [0.05, 0.1) is 23.4 Å². The SMILES string of the molecule is CCn1cc(C(=O)N2CCCCOc3ccc(Cl)cc3C(=O)N(C)[C@@H](C)C(=O)N(C)CCCC2)c(C)n1. The van der Waals surface area contributed by atoms with E-state index in [9.17, 15) is 14.4 Å². The normalized spacial score (nSPS) is 18.9. The van der Waals surface area contributed by atoms with Crippen LogP contribution < -0.4 is 4.74 Å². The molecule has 1 aromatic carbocycles. The number of hydrogen-bond donors (Lipinski definition) is 0. The lowest BCUT2D eigenvalue weighted by Gasteiger charge is -2.29. The standard InChI is InChI=1S/C27H38ClN5O4/c1-6-33-18-23(19(2)29-33)27(36)32-14-8-7-13-30(4)25(34)20(3)31(5)26(35)22-17-21(28)11-12-24(22)37-16-10-9-15-32/h11-12,17-18,20H,6-10,13-16H2,1-5H3/t20-/m0/s1. The zero-order valence-corrected chi connectivity index (χ0v) is 23.3. The molecule has 0 fully saturated rings. The molecule has 0 spiro atoms. The lowest BCUT2D eigenvalue weighted by atomic mass is 10.1. The molecule has 1 atom stereocenters. The number of fused-ring (bicyclic) bond motifs is 1. The van der Waals surface area contributed by atoms with Crippen LogP contribution >= 0.6 is 11.6 Å². The van der Waals surface area contributed by atoms with E-state index in [-0.39, 0.29) is 17.7 Å². The minimum atomic E-state index is -0.656. The number of aromatic nitrogens is 2. The van der Waals surface area contributed by atoms with E-state index in [1.807, 2.05) is 24.9 Å². The van der Waals surface area contributed by atoms with Crippen LogP contribution in [0.15, 0.2) is 24.4 Å². The van der Waals surface area contributed by atoms with Crippen molar-refractivity contribution >= 4 is 29.3 Å². The average molecular weight is 532 g/mol. The molecule has 1 aliphatic rings. The highest BCUT2D eigenvalue weighted by Crippen LogP contribution is 2.25. The maximum atomic E-state index is 13.4. The van der Waals surface area contributed by atoms with E-state index in [4.69, 9.17) is 16.3 Å². The number of halogens is 1. The molecule has 1 aliphatic heterocycles. The summed E-state index contributed by atoms with van der Waals surface area (Å²) in [4.78, 5) is 44.6. The van der Waals surface area contributed by atoms with Crippen molar-refractivity contribution in [1.29, 1.82) is 0 Å². The Balaban J connectivity index is 1.81. The molecule has 37 heavy (non-hydrogen) atoms. The van der Waals surface area contributed by atoms with Crippen LogP contribution in [0.4, 0.5) is 0 Å². The van der Waals surface area contributed by atoms with Crippen molar-refractivity contribution < 1.29 is 19.1 Å². The monoisotopic (exact) mass is 531 g/mol. The van der Waals surface area contributed by atoms with Gasteiger partial charge in [0.2, 0.25) is 5.91 Å². The van der Waals surface area contributed by atoms with Crippen LogP contribution in [0.25, 0.3) is 0 Å². The quantitative estimate of drug-likeness (QED) is 0.587. The van der Waals surface area contributed by atoms with E-state index in [0.717, 1.165) is 25.0 Å². The minimum Gasteiger partial charge on any atom is -0.493 e. The third kappa shape index (κ3) is 7.03. The number of hydrogen-bond acceptors (Lipinski definition) is 5. The van der Waals surface area contributed by atoms with Crippen molar-refractivity contribution in [3.8, 4) is 5.75 Å². The van der Waals surface area contributed by atoms with Crippen molar-refractivity contribution in [3.05, 3.63) is 46.2 Å². The third-order valence-electron chi connectivity index (χ3n) is 6.85. The van der Waals surface area contributed by atoms with Crippen LogP contribution in [-0.2, 0) is 11.3 Å². The van der Waals surface area contributed by atoms with Crippen LogP contribution in [0.1, 0.15) is 65.9 Å². The Morgan fingerprint density at radius 3 is 2.46 bits per heavy atom. The smallest absolute Gasteiger partial charge is 0.258 e. The Labute approximate surface area is 224 Å².